The summed E-state index contributed by atoms with van der Waals surface area (Å²) in [5.41, 5.74) is -2.58. The number of carbonyl (C=O) groups is 1. The van der Waals surface area contributed by atoms with Crippen molar-refractivity contribution < 1.29 is 29.4 Å². The first-order chi connectivity index (χ1) is 8.79. The molecule has 19 heavy (non-hydrogen) atoms. The second-order valence-corrected chi connectivity index (χ2v) is 3.47. The Balaban J connectivity index is 3.46. The van der Waals surface area contributed by atoms with Crippen LogP contribution in [-0.4, -0.2) is 32.3 Å². The van der Waals surface area contributed by atoms with Crippen LogP contribution in [0.1, 0.15) is 22.0 Å². The molecule has 0 aromatic heterocycles. The molecular weight excluding hydrogens is 263 g/mol. The van der Waals surface area contributed by atoms with Crippen molar-refractivity contribution in [2.45, 2.75) is 12.2 Å². The summed E-state index contributed by atoms with van der Waals surface area (Å²) in [6.45, 7) is 0. The standard InChI is InChI=1S/C10H7FN2O6/c11-6-1-5(10(16)17)7(13(18)19)2-4(6)9(15)8(14)3-12/h1-2,8-9,14-15H,(H,16,17). The first-order valence-electron chi connectivity index (χ1n) is 4.76. The number of rotatable bonds is 4. The number of benzene rings is 1. The van der Waals surface area contributed by atoms with Crippen molar-refractivity contribution in [3.8, 4) is 6.07 Å². The second kappa shape index (κ2) is 5.38. The maximum Gasteiger partial charge on any atom is 0.342 e. The fourth-order valence-corrected chi connectivity index (χ4v) is 1.37. The lowest BCUT2D eigenvalue weighted by Crippen LogP contribution is -2.18. The van der Waals surface area contributed by atoms with Gasteiger partial charge in [0, 0.05) is 11.6 Å². The van der Waals surface area contributed by atoms with Crippen molar-refractivity contribution in [2.75, 3.05) is 0 Å². The zero-order valence-electron chi connectivity index (χ0n) is 9.15. The molecular formula is C10H7FN2O6. The molecule has 0 radical (unpaired) electrons. The van der Waals surface area contributed by atoms with E-state index >= 15 is 0 Å². The minimum atomic E-state index is -2.02. The SMILES string of the molecule is N#CC(O)C(O)c1cc([N+](=O)[O-])c(C(=O)O)cc1F. The molecule has 0 aliphatic heterocycles. The molecule has 9 heteroatoms. The van der Waals surface area contributed by atoms with E-state index in [1.54, 1.807) is 0 Å². The molecule has 3 N–H and O–H groups in total. The van der Waals surface area contributed by atoms with Crippen LogP contribution < -0.4 is 0 Å². The number of aliphatic hydroxyl groups excluding tert-OH is 2. The third-order valence-corrected chi connectivity index (χ3v) is 2.29. The lowest BCUT2D eigenvalue weighted by molar-refractivity contribution is -0.385. The number of carboxylic acids is 1. The van der Waals surface area contributed by atoms with Gasteiger partial charge in [-0.2, -0.15) is 5.26 Å². The number of aromatic carboxylic acids is 1. The molecule has 1 rings (SSSR count). The van der Waals surface area contributed by atoms with Crippen LogP contribution in [0.15, 0.2) is 12.1 Å². The van der Waals surface area contributed by atoms with Crippen molar-refractivity contribution in [2.24, 2.45) is 0 Å². The van der Waals surface area contributed by atoms with E-state index in [2.05, 4.69) is 0 Å². The molecule has 0 heterocycles. The van der Waals surface area contributed by atoms with Gasteiger partial charge in [0.05, 0.1) is 11.0 Å². The van der Waals surface area contributed by atoms with Crippen molar-refractivity contribution in [1.29, 1.82) is 5.26 Å². The fraction of sp³-hybridized carbons (Fsp3) is 0.200. The maximum absolute atomic E-state index is 13.5. The number of hydrogen-bond acceptors (Lipinski definition) is 6. The van der Waals surface area contributed by atoms with Gasteiger partial charge in [-0.3, -0.25) is 10.1 Å². The van der Waals surface area contributed by atoms with E-state index in [4.69, 9.17) is 15.5 Å². The van der Waals surface area contributed by atoms with Crippen LogP contribution in [0.25, 0.3) is 0 Å². The van der Waals surface area contributed by atoms with E-state index < -0.39 is 45.7 Å². The summed E-state index contributed by atoms with van der Waals surface area (Å²) in [5, 5.41) is 46.2. The maximum atomic E-state index is 13.5. The quantitative estimate of drug-likeness (QED) is 0.406. The average molecular weight is 270 g/mol. The molecule has 0 aliphatic carbocycles. The van der Waals surface area contributed by atoms with E-state index in [0.29, 0.717) is 12.1 Å². The third kappa shape index (κ3) is 2.82. The molecule has 0 spiro atoms. The smallest absolute Gasteiger partial charge is 0.342 e. The normalized spacial score (nSPS) is 13.4. The highest BCUT2D eigenvalue weighted by molar-refractivity contribution is 5.92. The molecule has 100 valence electrons. The molecule has 0 fully saturated rings. The Labute approximate surface area is 105 Å². The Morgan fingerprint density at radius 3 is 2.47 bits per heavy atom. The number of nitriles is 1. The molecule has 0 saturated heterocycles. The summed E-state index contributed by atoms with van der Waals surface area (Å²) in [7, 11) is 0. The lowest BCUT2D eigenvalue weighted by atomic mass is 10.0. The molecule has 0 aliphatic rings. The van der Waals surface area contributed by atoms with Crippen LogP contribution in [0.2, 0.25) is 0 Å². The minimum absolute atomic E-state index is 0.350. The van der Waals surface area contributed by atoms with Gasteiger partial charge < -0.3 is 15.3 Å². The van der Waals surface area contributed by atoms with Gasteiger partial charge in [-0.1, -0.05) is 0 Å². The molecule has 1 aromatic carbocycles. The fourth-order valence-electron chi connectivity index (χ4n) is 1.37. The van der Waals surface area contributed by atoms with Crippen LogP contribution in [0.4, 0.5) is 10.1 Å². The van der Waals surface area contributed by atoms with Gasteiger partial charge in [0.25, 0.3) is 5.69 Å². The molecule has 2 unspecified atom stereocenters. The van der Waals surface area contributed by atoms with Gasteiger partial charge in [0.1, 0.15) is 17.5 Å². The molecule has 0 bridgehead atoms. The van der Waals surface area contributed by atoms with Crippen LogP contribution >= 0.6 is 0 Å². The Bertz CT molecular complexity index is 582. The number of nitro groups is 1. The highest BCUT2D eigenvalue weighted by Gasteiger charge is 2.28. The van der Waals surface area contributed by atoms with Gasteiger partial charge in [-0.25, -0.2) is 9.18 Å². The monoisotopic (exact) mass is 270 g/mol. The summed E-state index contributed by atoms with van der Waals surface area (Å²) in [6, 6.07) is 2.06. The Morgan fingerprint density at radius 1 is 1.47 bits per heavy atom. The van der Waals surface area contributed by atoms with Gasteiger partial charge in [0.2, 0.25) is 0 Å². The number of aliphatic hydroxyl groups is 2. The minimum Gasteiger partial charge on any atom is -0.477 e. The zero-order chi connectivity index (χ0) is 14.7. The summed E-state index contributed by atoms with van der Waals surface area (Å²) in [6.07, 6.45) is -4.02. The van der Waals surface area contributed by atoms with Crippen LogP contribution in [0.5, 0.6) is 0 Å². The van der Waals surface area contributed by atoms with Crippen molar-refractivity contribution in [3.63, 3.8) is 0 Å². The molecule has 2 atom stereocenters. The Hall–Kier alpha value is -2.57. The van der Waals surface area contributed by atoms with Gasteiger partial charge in [-0.05, 0) is 6.07 Å². The predicted molar refractivity (Wildman–Crippen MR) is 56.6 cm³/mol. The molecule has 0 amide bonds. The second-order valence-electron chi connectivity index (χ2n) is 3.47. The molecule has 8 nitrogen and oxygen atoms in total. The van der Waals surface area contributed by atoms with Crippen molar-refractivity contribution in [1.82, 2.24) is 0 Å². The van der Waals surface area contributed by atoms with Crippen LogP contribution in [0, 0.1) is 27.3 Å². The number of nitro benzene ring substituents is 1. The average Bonchev–Trinajstić information content (AvgIpc) is 2.36. The van der Waals surface area contributed by atoms with Crippen molar-refractivity contribution in [3.05, 3.63) is 39.2 Å². The zero-order valence-corrected chi connectivity index (χ0v) is 9.15. The van der Waals surface area contributed by atoms with Crippen LogP contribution in [-0.2, 0) is 0 Å². The third-order valence-electron chi connectivity index (χ3n) is 2.29. The van der Waals surface area contributed by atoms with Crippen molar-refractivity contribution >= 4 is 11.7 Å². The number of nitrogens with zero attached hydrogens (tertiary/aromatic N) is 2. The van der Waals surface area contributed by atoms with E-state index in [9.17, 15) is 24.4 Å². The van der Waals surface area contributed by atoms with E-state index in [-0.39, 0.29) is 0 Å². The van der Waals surface area contributed by atoms with E-state index in [1.807, 2.05) is 0 Å². The summed E-state index contributed by atoms with van der Waals surface area (Å²) >= 11 is 0. The summed E-state index contributed by atoms with van der Waals surface area (Å²) in [4.78, 5) is 20.3. The molecule has 1 aromatic rings. The van der Waals surface area contributed by atoms with Gasteiger partial charge in [-0.15, -0.1) is 0 Å². The highest BCUT2D eigenvalue weighted by Crippen LogP contribution is 2.28. The lowest BCUT2D eigenvalue weighted by Gasteiger charge is -2.13. The highest BCUT2D eigenvalue weighted by atomic mass is 19.1. The number of hydrogen-bond donors (Lipinski definition) is 3. The van der Waals surface area contributed by atoms with Crippen LogP contribution in [0.3, 0.4) is 0 Å². The predicted octanol–water partition coefficient (Wildman–Crippen LogP) is 0.350. The van der Waals surface area contributed by atoms with Gasteiger partial charge >= 0.3 is 5.97 Å². The number of carboxylic acid groups (broad SMARTS) is 1. The number of halogens is 1. The Morgan fingerprint density at radius 2 is 2.05 bits per heavy atom. The van der Waals surface area contributed by atoms with Gasteiger partial charge in [0.15, 0.2) is 6.10 Å². The first-order valence-corrected chi connectivity index (χ1v) is 4.76. The topological polar surface area (TPSA) is 145 Å². The molecule has 0 saturated carbocycles. The largest absolute Gasteiger partial charge is 0.477 e. The Kier molecular flexibility index (Phi) is 4.11. The summed E-state index contributed by atoms with van der Waals surface area (Å²) in [5.74, 6) is -2.99. The summed E-state index contributed by atoms with van der Waals surface area (Å²) < 4.78 is 13.5. The van der Waals surface area contributed by atoms with E-state index in [1.165, 1.54) is 6.07 Å². The first kappa shape index (κ1) is 14.5. The van der Waals surface area contributed by atoms with E-state index in [0.717, 1.165) is 0 Å².